The summed E-state index contributed by atoms with van der Waals surface area (Å²) in [7, 11) is 0. The highest BCUT2D eigenvalue weighted by atomic mass is 16.5. The summed E-state index contributed by atoms with van der Waals surface area (Å²) in [5, 5.41) is 9.75. The van der Waals surface area contributed by atoms with Crippen LogP contribution in [0.2, 0.25) is 0 Å². The van der Waals surface area contributed by atoms with Crippen LogP contribution in [-0.4, -0.2) is 48.6 Å². The summed E-state index contributed by atoms with van der Waals surface area (Å²) in [4.78, 5) is 16.6. The van der Waals surface area contributed by atoms with Gasteiger partial charge in [0.2, 0.25) is 5.89 Å². The Morgan fingerprint density at radius 2 is 2.08 bits per heavy atom. The van der Waals surface area contributed by atoms with E-state index in [0.29, 0.717) is 31.5 Å². The van der Waals surface area contributed by atoms with Crippen molar-refractivity contribution in [3.63, 3.8) is 0 Å². The normalized spacial score (nSPS) is 23.6. The third kappa shape index (κ3) is 4.67. The first kappa shape index (κ1) is 17.2. The monoisotopic (exact) mass is 338 g/mol. The lowest BCUT2D eigenvalue weighted by molar-refractivity contribution is 0.0181. The van der Waals surface area contributed by atoms with Crippen LogP contribution in [-0.2, 0) is 9.47 Å². The van der Waals surface area contributed by atoms with E-state index in [2.05, 4.69) is 20.8 Å². The number of hydrogen-bond acceptors (Lipinski definition) is 6. The van der Waals surface area contributed by atoms with E-state index in [4.69, 9.17) is 14.0 Å². The number of carbonyl (C=O) groups is 1. The molecule has 134 valence electrons. The summed E-state index contributed by atoms with van der Waals surface area (Å²) in [5.41, 5.74) is 0. The smallest absolute Gasteiger partial charge is 0.315 e. The molecule has 2 saturated heterocycles. The lowest BCUT2D eigenvalue weighted by Gasteiger charge is -2.29. The van der Waals surface area contributed by atoms with Crippen LogP contribution in [0.3, 0.4) is 0 Å². The van der Waals surface area contributed by atoms with Crippen molar-refractivity contribution in [2.75, 3.05) is 26.4 Å². The molecule has 2 amide bonds. The SMILES string of the molecule is Cc1noc([C@@H](NC(=O)NC[C@@H]2CCCCO2)C2CCOCC2)n1. The molecule has 0 spiro atoms. The van der Waals surface area contributed by atoms with Crippen molar-refractivity contribution in [2.24, 2.45) is 5.92 Å². The minimum absolute atomic E-state index is 0.108. The fourth-order valence-electron chi connectivity index (χ4n) is 3.24. The van der Waals surface area contributed by atoms with Gasteiger partial charge < -0.3 is 24.6 Å². The third-order valence-electron chi connectivity index (χ3n) is 4.60. The highest BCUT2D eigenvalue weighted by Crippen LogP contribution is 2.29. The second-order valence-electron chi connectivity index (χ2n) is 6.45. The van der Waals surface area contributed by atoms with Gasteiger partial charge in [-0.05, 0) is 44.9 Å². The van der Waals surface area contributed by atoms with Crippen LogP contribution in [0.5, 0.6) is 0 Å². The van der Waals surface area contributed by atoms with Gasteiger partial charge in [-0.3, -0.25) is 0 Å². The van der Waals surface area contributed by atoms with E-state index in [1.165, 1.54) is 0 Å². The van der Waals surface area contributed by atoms with Crippen molar-refractivity contribution in [3.8, 4) is 0 Å². The van der Waals surface area contributed by atoms with Gasteiger partial charge in [0.05, 0.1) is 6.10 Å². The fraction of sp³-hybridized carbons (Fsp3) is 0.812. The Balaban J connectivity index is 1.57. The molecular weight excluding hydrogens is 312 g/mol. The Labute approximate surface area is 141 Å². The zero-order chi connectivity index (χ0) is 16.8. The van der Waals surface area contributed by atoms with Gasteiger partial charge in [0.25, 0.3) is 0 Å². The molecule has 0 unspecified atom stereocenters. The molecule has 3 rings (SSSR count). The van der Waals surface area contributed by atoms with E-state index >= 15 is 0 Å². The fourth-order valence-corrected chi connectivity index (χ4v) is 3.24. The van der Waals surface area contributed by atoms with Crippen LogP contribution < -0.4 is 10.6 Å². The maximum atomic E-state index is 12.3. The quantitative estimate of drug-likeness (QED) is 0.848. The van der Waals surface area contributed by atoms with E-state index in [-0.39, 0.29) is 24.1 Å². The molecule has 0 aromatic carbocycles. The summed E-state index contributed by atoms with van der Waals surface area (Å²) < 4.78 is 16.4. The Bertz CT molecular complexity index is 524. The first-order valence-electron chi connectivity index (χ1n) is 8.76. The Hall–Kier alpha value is -1.67. The van der Waals surface area contributed by atoms with E-state index < -0.39 is 0 Å². The van der Waals surface area contributed by atoms with Gasteiger partial charge >= 0.3 is 6.03 Å². The summed E-state index contributed by atoms with van der Waals surface area (Å²) in [6, 6.07) is -0.515. The number of ether oxygens (including phenoxy) is 2. The van der Waals surface area contributed by atoms with E-state index in [9.17, 15) is 4.79 Å². The van der Waals surface area contributed by atoms with Crippen LogP contribution in [0.4, 0.5) is 4.79 Å². The summed E-state index contributed by atoms with van der Waals surface area (Å²) in [6.45, 7) is 4.45. The predicted molar refractivity (Wildman–Crippen MR) is 85.4 cm³/mol. The molecule has 3 heterocycles. The maximum absolute atomic E-state index is 12.3. The second-order valence-corrected chi connectivity index (χ2v) is 6.45. The van der Waals surface area contributed by atoms with Gasteiger partial charge in [-0.1, -0.05) is 5.16 Å². The number of nitrogens with one attached hydrogen (secondary N) is 2. The average molecular weight is 338 g/mol. The third-order valence-corrected chi connectivity index (χ3v) is 4.60. The van der Waals surface area contributed by atoms with E-state index in [1.807, 2.05) is 0 Å². The maximum Gasteiger partial charge on any atom is 0.315 e. The first-order chi connectivity index (χ1) is 11.7. The zero-order valence-electron chi connectivity index (χ0n) is 14.1. The van der Waals surface area contributed by atoms with Crippen molar-refractivity contribution in [1.82, 2.24) is 20.8 Å². The number of amides is 2. The molecule has 0 saturated carbocycles. The lowest BCUT2D eigenvalue weighted by atomic mass is 9.91. The molecule has 0 aliphatic carbocycles. The van der Waals surface area contributed by atoms with Crippen molar-refractivity contribution in [1.29, 1.82) is 0 Å². The molecular formula is C16H26N4O4. The highest BCUT2D eigenvalue weighted by molar-refractivity contribution is 5.74. The van der Waals surface area contributed by atoms with Crippen LogP contribution in [0, 0.1) is 12.8 Å². The summed E-state index contributed by atoms with van der Waals surface area (Å²) in [5.74, 6) is 1.26. The zero-order valence-corrected chi connectivity index (χ0v) is 14.1. The van der Waals surface area contributed by atoms with Crippen molar-refractivity contribution in [2.45, 2.75) is 51.2 Å². The molecule has 2 N–H and O–H groups in total. The number of carbonyl (C=O) groups excluding carboxylic acids is 1. The summed E-state index contributed by atoms with van der Waals surface area (Å²) in [6.07, 6.45) is 5.07. The molecule has 2 aliphatic rings. The van der Waals surface area contributed by atoms with E-state index in [1.54, 1.807) is 6.92 Å². The molecule has 2 aliphatic heterocycles. The van der Waals surface area contributed by atoms with Gasteiger partial charge in [0.15, 0.2) is 5.82 Å². The number of hydrogen-bond donors (Lipinski definition) is 2. The molecule has 1 aromatic heterocycles. The Kier molecular flexibility index (Phi) is 6.03. The molecule has 24 heavy (non-hydrogen) atoms. The van der Waals surface area contributed by atoms with Crippen molar-refractivity contribution >= 4 is 6.03 Å². The molecule has 0 bridgehead atoms. The lowest BCUT2D eigenvalue weighted by Crippen LogP contribution is -2.45. The van der Waals surface area contributed by atoms with Crippen LogP contribution in [0.15, 0.2) is 4.52 Å². The standard InChI is InChI=1S/C16H26N4O4/c1-11-18-15(24-20-11)14(12-5-8-22-9-6-12)19-16(21)17-10-13-4-2-3-7-23-13/h12-14H,2-10H2,1H3,(H2,17,19,21)/t13-,14-/m0/s1. The number of rotatable bonds is 5. The molecule has 2 atom stereocenters. The van der Waals surface area contributed by atoms with Crippen molar-refractivity contribution in [3.05, 3.63) is 11.7 Å². The van der Waals surface area contributed by atoms with Gasteiger partial charge in [-0.25, -0.2) is 4.79 Å². The summed E-state index contributed by atoms with van der Waals surface area (Å²) >= 11 is 0. The number of aryl methyl sites for hydroxylation is 1. The molecule has 1 aromatic rings. The molecule has 8 nitrogen and oxygen atoms in total. The van der Waals surface area contributed by atoms with Crippen LogP contribution >= 0.6 is 0 Å². The largest absolute Gasteiger partial charge is 0.381 e. The van der Waals surface area contributed by atoms with Gasteiger partial charge in [-0.2, -0.15) is 4.98 Å². The minimum Gasteiger partial charge on any atom is -0.381 e. The van der Waals surface area contributed by atoms with Gasteiger partial charge in [0.1, 0.15) is 6.04 Å². The molecule has 2 fully saturated rings. The minimum atomic E-state index is -0.289. The second kappa shape index (κ2) is 8.43. The van der Waals surface area contributed by atoms with Crippen LogP contribution in [0.25, 0.3) is 0 Å². The highest BCUT2D eigenvalue weighted by Gasteiger charge is 2.31. The number of aromatic nitrogens is 2. The Morgan fingerprint density at radius 1 is 1.25 bits per heavy atom. The van der Waals surface area contributed by atoms with Gasteiger partial charge in [0, 0.05) is 26.4 Å². The number of nitrogens with zero attached hydrogens (tertiary/aromatic N) is 2. The van der Waals surface area contributed by atoms with Crippen molar-refractivity contribution < 1.29 is 18.8 Å². The number of urea groups is 1. The predicted octanol–water partition coefficient (Wildman–Crippen LogP) is 1.71. The van der Waals surface area contributed by atoms with E-state index in [0.717, 1.165) is 38.7 Å². The topological polar surface area (TPSA) is 98.5 Å². The van der Waals surface area contributed by atoms with Gasteiger partial charge in [-0.15, -0.1) is 0 Å². The first-order valence-corrected chi connectivity index (χ1v) is 8.76. The average Bonchev–Trinajstić information content (AvgIpc) is 3.05. The Morgan fingerprint density at radius 3 is 2.75 bits per heavy atom. The molecule has 8 heteroatoms. The van der Waals surface area contributed by atoms with Crippen LogP contribution in [0.1, 0.15) is 49.9 Å². The molecule has 0 radical (unpaired) electrons.